The van der Waals surface area contributed by atoms with Gasteiger partial charge >= 0.3 is 5.69 Å². The highest BCUT2D eigenvalue weighted by Gasteiger charge is 2.45. The Labute approximate surface area is 351 Å². The minimum absolute atomic E-state index is 0.0369. The molecule has 0 saturated carbocycles. The zero-order chi connectivity index (χ0) is 43.0. The summed E-state index contributed by atoms with van der Waals surface area (Å²) in [5, 5.41) is 12.2. The Morgan fingerprint density at radius 3 is 2.12 bits per heavy atom. The first-order chi connectivity index (χ1) is 28.9. The number of nitrogens with zero attached hydrogens (tertiary/aromatic N) is 5. The van der Waals surface area contributed by atoms with E-state index in [0.29, 0.717) is 23.4 Å². The summed E-state index contributed by atoms with van der Waals surface area (Å²) in [5.41, 5.74) is 1.30. The molecule has 0 spiro atoms. The molecule has 4 atom stereocenters. The van der Waals surface area contributed by atoms with Gasteiger partial charge in [-0.3, -0.25) is 14.3 Å². The first-order valence-electron chi connectivity index (χ1n) is 20.1. The van der Waals surface area contributed by atoms with E-state index < -0.39 is 38.3 Å². The van der Waals surface area contributed by atoms with E-state index in [4.69, 9.17) is 28.0 Å². The summed E-state index contributed by atoms with van der Waals surface area (Å²) >= 11 is 0. The average molecular weight is 840 g/mol. The van der Waals surface area contributed by atoms with Crippen molar-refractivity contribution in [2.24, 2.45) is 5.92 Å². The number of carbonyl (C=O) groups is 1. The lowest BCUT2D eigenvalue weighted by Gasteiger charge is -2.39. The van der Waals surface area contributed by atoms with Crippen LogP contribution in [0.1, 0.15) is 77.3 Å². The zero-order valence-corrected chi connectivity index (χ0v) is 36.2. The maximum atomic E-state index is 12.9. The van der Waals surface area contributed by atoms with E-state index >= 15 is 0 Å². The predicted octanol–water partition coefficient (Wildman–Crippen LogP) is 7.69. The predicted molar refractivity (Wildman–Crippen MR) is 228 cm³/mol. The Morgan fingerprint density at radius 1 is 0.967 bits per heavy atom. The Bertz CT molecular complexity index is 2220. The van der Waals surface area contributed by atoms with Crippen molar-refractivity contribution in [2.45, 2.75) is 90.5 Å². The summed E-state index contributed by atoms with van der Waals surface area (Å²) in [5.74, 6) is 0.926. The molecule has 2 aromatic heterocycles. The lowest BCUT2D eigenvalue weighted by atomic mass is 9.80. The van der Waals surface area contributed by atoms with Gasteiger partial charge in [0.1, 0.15) is 40.8 Å². The van der Waals surface area contributed by atoms with Crippen LogP contribution in [0.3, 0.4) is 0 Å². The van der Waals surface area contributed by atoms with Gasteiger partial charge in [-0.2, -0.15) is 10.2 Å². The van der Waals surface area contributed by atoms with E-state index in [9.17, 15) is 14.9 Å². The molecule has 1 fully saturated rings. The summed E-state index contributed by atoms with van der Waals surface area (Å²) in [4.78, 5) is 37.1. The highest BCUT2D eigenvalue weighted by atomic mass is 31.2. The number of hydrogen-bond acceptors (Lipinski definition) is 12. The molecule has 15 nitrogen and oxygen atoms in total. The van der Waals surface area contributed by atoms with Gasteiger partial charge in [-0.05, 0) is 68.7 Å². The number of anilines is 1. The third-order valence-corrected chi connectivity index (χ3v) is 12.4. The van der Waals surface area contributed by atoms with Crippen LogP contribution in [-0.4, -0.2) is 81.8 Å². The molecule has 1 aliphatic heterocycles. The molecule has 60 heavy (non-hydrogen) atoms. The van der Waals surface area contributed by atoms with Gasteiger partial charge in [0.05, 0.1) is 52.4 Å². The van der Waals surface area contributed by atoms with Crippen molar-refractivity contribution in [1.29, 1.82) is 5.26 Å². The largest absolute Gasteiger partial charge is 0.497 e. The molecule has 1 aliphatic rings. The van der Waals surface area contributed by atoms with Gasteiger partial charge < -0.3 is 33.3 Å². The first kappa shape index (κ1) is 44.4. The molecule has 16 heteroatoms. The number of benzene rings is 3. The first-order valence-corrected chi connectivity index (χ1v) is 21.2. The van der Waals surface area contributed by atoms with E-state index in [0.717, 1.165) is 16.7 Å². The molecule has 0 bridgehead atoms. The Hall–Kier alpha value is -5.20. The number of H-pyrrole nitrogens is 1. The summed E-state index contributed by atoms with van der Waals surface area (Å²) in [7, 11) is 1.56. The summed E-state index contributed by atoms with van der Waals surface area (Å²) in [6.45, 7) is 12.1. The Balaban J connectivity index is 1.45. The minimum Gasteiger partial charge on any atom is -0.497 e. The second-order valence-electron chi connectivity index (χ2n) is 15.3. The van der Waals surface area contributed by atoms with Gasteiger partial charge in [0.15, 0.2) is 5.65 Å². The summed E-state index contributed by atoms with van der Waals surface area (Å²) in [6, 6.07) is 27.8. The maximum absolute atomic E-state index is 12.9. The van der Waals surface area contributed by atoms with Crippen molar-refractivity contribution in [2.75, 3.05) is 32.8 Å². The van der Waals surface area contributed by atoms with Gasteiger partial charge in [-0.25, -0.2) is 14.4 Å². The number of fused-ring (bicyclic) bond motifs is 1. The van der Waals surface area contributed by atoms with Crippen molar-refractivity contribution >= 4 is 31.4 Å². The fourth-order valence-corrected chi connectivity index (χ4v) is 9.08. The number of aromatic amines is 1. The fraction of sp³-hybridized carbons (Fsp3) is 0.432. The van der Waals surface area contributed by atoms with Gasteiger partial charge in [-0.15, -0.1) is 0 Å². The van der Waals surface area contributed by atoms with Crippen LogP contribution < -0.4 is 20.5 Å². The smallest absolute Gasteiger partial charge is 0.348 e. The molecule has 5 aromatic rings. The molecule has 318 valence electrons. The van der Waals surface area contributed by atoms with Crippen LogP contribution in [0.5, 0.6) is 11.5 Å². The van der Waals surface area contributed by atoms with Gasteiger partial charge in [0.2, 0.25) is 5.91 Å². The molecular formula is C44H54N7O8P. The molecule has 1 saturated heterocycles. The van der Waals surface area contributed by atoms with Crippen molar-refractivity contribution in [3.63, 3.8) is 0 Å². The number of nitrogens with one attached hydrogen (secondary N) is 2. The highest BCUT2D eigenvalue weighted by molar-refractivity contribution is 7.44. The molecule has 0 radical (unpaired) electrons. The van der Waals surface area contributed by atoms with Crippen LogP contribution in [-0.2, 0) is 28.9 Å². The third-order valence-electron chi connectivity index (χ3n) is 10.2. The lowest BCUT2D eigenvalue weighted by molar-refractivity contribution is -0.118. The molecule has 1 amide bonds. The number of imidazole rings is 1. The number of carbonyl (C=O) groups excluding carboxylic acids is 1. The average Bonchev–Trinajstić information content (AvgIpc) is 3.85. The molecule has 1 unspecified atom stereocenters. The molecule has 0 aliphatic carbocycles. The molecule has 2 N–H and O–H groups in total. The second kappa shape index (κ2) is 19.9. The number of nitriles is 1. The number of ether oxygens (including phenoxy) is 4. The van der Waals surface area contributed by atoms with E-state index in [1.807, 2.05) is 78.9 Å². The molecule has 6 rings (SSSR count). The normalized spacial score (nSPS) is 17.4. The maximum Gasteiger partial charge on any atom is 0.348 e. The SMILES string of the molecule is COc1ccc(C(OC[C@H]2O[C@@H](n3cnc4c(NC(=O)C(C)C)[nH]c(=O)nc43)C[C@@H]2OP(OCCC#N)N(C(C)C)C(C)C)(c2ccccc2)c2ccc(OC)cc2)cc1. The van der Waals surface area contributed by atoms with Crippen LogP contribution in [0, 0.1) is 17.2 Å². The van der Waals surface area contributed by atoms with Crippen LogP contribution >= 0.6 is 8.53 Å². The fourth-order valence-electron chi connectivity index (χ4n) is 7.32. The summed E-state index contributed by atoms with van der Waals surface area (Å²) < 4.78 is 42.5. The molecule has 3 heterocycles. The van der Waals surface area contributed by atoms with Crippen molar-refractivity contribution in [3.05, 3.63) is 112 Å². The van der Waals surface area contributed by atoms with Gasteiger partial charge in [-0.1, -0.05) is 68.4 Å². The van der Waals surface area contributed by atoms with E-state index in [-0.39, 0.29) is 55.0 Å². The molecular weight excluding hydrogens is 785 g/mol. The standard InChI is InChI=1S/C44H54N7O8P/c1-28(2)42(52)47-40-39-41(49-43(53)48-40)50(27-46-39)38-25-36(59-60(57-24-12-23-45)51(29(3)4)30(5)6)37(58-38)26-56-44(31-13-10-9-11-14-31,32-15-19-34(54-7)20-16-32)33-17-21-35(55-8)22-18-33/h9-11,13-22,27-30,36-38H,12,24-26H2,1-8H3,(H2,47,48,49,52,53)/t36-,37+,38+,60?/m0/s1. The summed E-state index contributed by atoms with van der Waals surface area (Å²) in [6.07, 6.45) is 0.0262. The Morgan fingerprint density at radius 2 is 1.57 bits per heavy atom. The van der Waals surface area contributed by atoms with Crippen molar-refractivity contribution < 1.29 is 32.8 Å². The van der Waals surface area contributed by atoms with Crippen LogP contribution in [0.2, 0.25) is 0 Å². The topological polar surface area (TPSA) is 175 Å². The van der Waals surface area contributed by atoms with Gasteiger partial charge in [0, 0.05) is 24.4 Å². The highest BCUT2D eigenvalue weighted by Crippen LogP contribution is 2.51. The number of hydrogen-bond donors (Lipinski definition) is 2. The Kier molecular flexibility index (Phi) is 14.7. The lowest BCUT2D eigenvalue weighted by Crippen LogP contribution is -2.39. The van der Waals surface area contributed by atoms with Gasteiger partial charge in [0.25, 0.3) is 8.53 Å². The third kappa shape index (κ3) is 9.71. The number of methoxy groups -OCH3 is 2. The van der Waals surface area contributed by atoms with Crippen LogP contribution in [0.4, 0.5) is 5.82 Å². The molecule has 3 aromatic carbocycles. The number of rotatable bonds is 19. The zero-order valence-electron chi connectivity index (χ0n) is 35.3. The van der Waals surface area contributed by atoms with Crippen molar-refractivity contribution in [3.8, 4) is 17.6 Å². The van der Waals surface area contributed by atoms with E-state index in [2.05, 4.69) is 58.7 Å². The number of amides is 1. The van der Waals surface area contributed by atoms with Crippen LogP contribution in [0.15, 0.2) is 90.0 Å². The van der Waals surface area contributed by atoms with E-state index in [1.165, 1.54) is 0 Å². The minimum atomic E-state index is -1.70. The monoisotopic (exact) mass is 839 g/mol. The number of aromatic nitrogens is 4. The quantitative estimate of drug-likeness (QED) is 0.0472. The van der Waals surface area contributed by atoms with Crippen LogP contribution in [0.25, 0.3) is 11.2 Å². The van der Waals surface area contributed by atoms with E-state index in [1.54, 1.807) is 39.0 Å². The second-order valence-corrected chi connectivity index (χ2v) is 16.7. The van der Waals surface area contributed by atoms with Crippen molar-refractivity contribution in [1.82, 2.24) is 24.2 Å².